The lowest BCUT2D eigenvalue weighted by Gasteiger charge is -2.11. The first-order chi connectivity index (χ1) is 7.68. The zero-order chi connectivity index (χ0) is 11.5. The average molecular weight is 320 g/mol. The minimum atomic E-state index is -0.339. The van der Waals surface area contributed by atoms with Crippen LogP contribution >= 0.6 is 38.9 Å². The van der Waals surface area contributed by atoms with Crippen LogP contribution in [0.4, 0.5) is 4.39 Å². The van der Waals surface area contributed by atoms with Crippen molar-refractivity contribution in [2.45, 2.75) is 11.8 Å². The van der Waals surface area contributed by atoms with Gasteiger partial charge in [0.15, 0.2) is 0 Å². The Hall–Kier alpha value is -0.380. The Kier molecular flexibility index (Phi) is 4.00. The van der Waals surface area contributed by atoms with Crippen LogP contribution in [0.15, 0.2) is 40.2 Å². The third kappa shape index (κ3) is 2.65. The summed E-state index contributed by atoms with van der Waals surface area (Å²) in [5, 5.41) is 1.66. The van der Waals surface area contributed by atoms with E-state index in [1.807, 2.05) is 23.6 Å². The Balaban J connectivity index is 2.24. The van der Waals surface area contributed by atoms with Gasteiger partial charge in [-0.2, -0.15) is 0 Å². The molecule has 0 saturated heterocycles. The van der Waals surface area contributed by atoms with Crippen molar-refractivity contribution in [1.29, 1.82) is 0 Å². The highest BCUT2D eigenvalue weighted by Gasteiger charge is 2.17. The Bertz CT molecular complexity index is 450. The van der Waals surface area contributed by atoms with Crippen molar-refractivity contribution in [3.05, 3.63) is 56.4 Å². The van der Waals surface area contributed by atoms with Gasteiger partial charge in [0, 0.05) is 21.3 Å². The van der Waals surface area contributed by atoms with Gasteiger partial charge in [0.05, 0.1) is 5.38 Å². The van der Waals surface area contributed by atoms with Crippen molar-refractivity contribution in [1.82, 2.24) is 0 Å². The van der Waals surface area contributed by atoms with Crippen LogP contribution in [-0.2, 0) is 6.42 Å². The average Bonchev–Trinajstić information content (AvgIpc) is 2.70. The first-order valence-electron chi connectivity index (χ1n) is 4.79. The predicted octanol–water partition coefficient (Wildman–Crippen LogP) is 5.17. The summed E-state index contributed by atoms with van der Waals surface area (Å²) < 4.78 is 14.3. The van der Waals surface area contributed by atoms with Crippen molar-refractivity contribution < 1.29 is 4.39 Å². The molecule has 1 aromatic heterocycles. The van der Waals surface area contributed by atoms with Gasteiger partial charge in [-0.15, -0.1) is 22.9 Å². The van der Waals surface area contributed by atoms with Crippen LogP contribution in [0.25, 0.3) is 0 Å². The first-order valence-corrected chi connectivity index (χ1v) is 6.89. The molecular formula is C12H9BrClFS. The van der Waals surface area contributed by atoms with E-state index in [-0.39, 0.29) is 11.2 Å². The SMILES string of the molecule is Fc1cccc(Br)c1C(Cl)Cc1cccs1. The normalized spacial score (nSPS) is 12.7. The van der Waals surface area contributed by atoms with Crippen LogP contribution in [0.2, 0.25) is 0 Å². The number of halogens is 3. The second-order valence-corrected chi connectivity index (χ2v) is 5.80. The molecule has 84 valence electrons. The molecule has 0 aliphatic rings. The van der Waals surface area contributed by atoms with Gasteiger partial charge in [0.1, 0.15) is 5.82 Å². The smallest absolute Gasteiger partial charge is 0.129 e. The monoisotopic (exact) mass is 318 g/mol. The largest absolute Gasteiger partial charge is 0.207 e. The molecule has 0 nitrogen and oxygen atoms in total. The summed E-state index contributed by atoms with van der Waals surface area (Å²) in [6.07, 6.45) is 0.652. The summed E-state index contributed by atoms with van der Waals surface area (Å²) in [5.74, 6) is -0.258. The lowest BCUT2D eigenvalue weighted by molar-refractivity contribution is 0.604. The van der Waals surface area contributed by atoms with Crippen LogP contribution < -0.4 is 0 Å². The lowest BCUT2D eigenvalue weighted by atomic mass is 10.1. The van der Waals surface area contributed by atoms with E-state index >= 15 is 0 Å². The summed E-state index contributed by atoms with van der Waals surface area (Å²) in [4.78, 5) is 1.16. The summed E-state index contributed by atoms with van der Waals surface area (Å²) in [5.41, 5.74) is 0.539. The fourth-order valence-electron chi connectivity index (χ4n) is 1.52. The van der Waals surface area contributed by atoms with Gasteiger partial charge >= 0.3 is 0 Å². The van der Waals surface area contributed by atoms with Gasteiger partial charge in [-0.05, 0) is 23.6 Å². The number of benzene rings is 1. The van der Waals surface area contributed by atoms with E-state index in [0.717, 1.165) is 9.35 Å². The molecule has 0 bridgehead atoms. The van der Waals surface area contributed by atoms with E-state index in [1.54, 1.807) is 17.4 Å². The zero-order valence-corrected chi connectivity index (χ0v) is 11.4. The maximum absolute atomic E-state index is 13.6. The summed E-state index contributed by atoms with van der Waals surface area (Å²) in [6, 6.07) is 8.89. The fraction of sp³-hybridized carbons (Fsp3) is 0.167. The molecule has 1 heterocycles. The minimum Gasteiger partial charge on any atom is -0.207 e. The highest BCUT2D eigenvalue weighted by molar-refractivity contribution is 9.10. The summed E-state index contributed by atoms with van der Waals surface area (Å²) in [7, 11) is 0. The van der Waals surface area contributed by atoms with Gasteiger partial charge in [-0.3, -0.25) is 0 Å². The zero-order valence-electron chi connectivity index (χ0n) is 8.29. The Morgan fingerprint density at radius 2 is 2.12 bits per heavy atom. The molecule has 0 aliphatic heterocycles. The topological polar surface area (TPSA) is 0 Å². The number of alkyl halides is 1. The molecule has 0 amide bonds. The van der Waals surface area contributed by atoms with Crippen LogP contribution in [0.1, 0.15) is 15.8 Å². The van der Waals surface area contributed by atoms with Gasteiger partial charge in [-0.25, -0.2) is 4.39 Å². The van der Waals surface area contributed by atoms with Crippen LogP contribution in [-0.4, -0.2) is 0 Å². The molecule has 1 unspecified atom stereocenters. The summed E-state index contributed by atoms with van der Waals surface area (Å²) >= 11 is 11.2. The minimum absolute atomic E-state index is 0.258. The molecule has 0 spiro atoms. The molecule has 2 rings (SSSR count). The third-order valence-corrected chi connectivity index (χ3v) is 4.24. The van der Waals surface area contributed by atoms with Crippen LogP contribution in [0.3, 0.4) is 0 Å². The second kappa shape index (κ2) is 5.30. The van der Waals surface area contributed by atoms with Crippen LogP contribution in [0, 0.1) is 5.82 Å². The standard InChI is InChI=1S/C12H9BrClFS/c13-9-4-1-5-11(15)12(9)10(14)7-8-3-2-6-16-8/h1-6,10H,7H2. The van der Waals surface area contributed by atoms with Gasteiger partial charge in [0.25, 0.3) is 0 Å². The number of hydrogen-bond acceptors (Lipinski definition) is 1. The van der Waals surface area contributed by atoms with Gasteiger partial charge in [0.2, 0.25) is 0 Å². The second-order valence-electron chi connectivity index (χ2n) is 3.39. The first kappa shape index (κ1) is 12.1. The molecular weight excluding hydrogens is 311 g/mol. The molecule has 16 heavy (non-hydrogen) atoms. The highest BCUT2D eigenvalue weighted by Crippen LogP contribution is 2.33. The number of thiophene rings is 1. The Morgan fingerprint density at radius 1 is 1.31 bits per heavy atom. The Morgan fingerprint density at radius 3 is 2.75 bits per heavy atom. The van der Waals surface area contributed by atoms with Crippen molar-refractivity contribution in [3.63, 3.8) is 0 Å². The molecule has 1 atom stereocenters. The molecule has 0 fully saturated rings. The molecule has 1 aromatic carbocycles. The molecule has 0 saturated carbocycles. The molecule has 0 N–H and O–H groups in total. The molecule has 0 aliphatic carbocycles. The quantitative estimate of drug-likeness (QED) is 0.684. The maximum atomic E-state index is 13.6. The Labute approximate surface area is 111 Å². The summed E-state index contributed by atoms with van der Waals surface area (Å²) in [6.45, 7) is 0. The van der Waals surface area contributed by atoms with Crippen molar-refractivity contribution in [2.24, 2.45) is 0 Å². The van der Waals surface area contributed by atoms with E-state index in [4.69, 9.17) is 11.6 Å². The van der Waals surface area contributed by atoms with Crippen LogP contribution in [0.5, 0.6) is 0 Å². The van der Waals surface area contributed by atoms with E-state index < -0.39 is 0 Å². The third-order valence-electron chi connectivity index (χ3n) is 2.27. The van der Waals surface area contributed by atoms with E-state index in [9.17, 15) is 4.39 Å². The van der Waals surface area contributed by atoms with E-state index in [0.29, 0.717) is 12.0 Å². The number of hydrogen-bond donors (Lipinski definition) is 0. The number of rotatable bonds is 3. The highest BCUT2D eigenvalue weighted by atomic mass is 79.9. The predicted molar refractivity (Wildman–Crippen MR) is 70.7 cm³/mol. The molecule has 0 radical (unpaired) electrons. The lowest BCUT2D eigenvalue weighted by Crippen LogP contribution is -1.99. The molecule has 4 heteroatoms. The van der Waals surface area contributed by atoms with Crippen molar-refractivity contribution >= 4 is 38.9 Å². The van der Waals surface area contributed by atoms with Crippen molar-refractivity contribution in [2.75, 3.05) is 0 Å². The van der Waals surface area contributed by atoms with E-state index in [2.05, 4.69) is 15.9 Å². The van der Waals surface area contributed by atoms with E-state index in [1.165, 1.54) is 6.07 Å². The fourth-order valence-corrected chi connectivity index (χ4v) is 3.50. The van der Waals surface area contributed by atoms with Gasteiger partial charge in [-0.1, -0.05) is 28.1 Å². The molecule has 2 aromatic rings. The van der Waals surface area contributed by atoms with Gasteiger partial charge < -0.3 is 0 Å². The van der Waals surface area contributed by atoms with Crippen molar-refractivity contribution in [3.8, 4) is 0 Å². The maximum Gasteiger partial charge on any atom is 0.129 e.